The Hall–Kier alpha value is -1.10. The minimum Gasteiger partial charge on any atom is -0.497 e. The molecule has 3 fully saturated rings. The number of nitrogens with zero attached hydrogens (tertiary/aromatic N) is 1. The number of methoxy groups -OCH3 is 1. The molecule has 4 nitrogen and oxygen atoms in total. The molecule has 0 spiro atoms. The fourth-order valence-corrected chi connectivity index (χ4v) is 6.94. The van der Waals surface area contributed by atoms with Gasteiger partial charge in [0.1, 0.15) is 5.75 Å². The van der Waals surface area contributed by atoms with Crippen molar-refractivity contribution in [2.24, 2.45) is 11.8 Å². The van der Waals surface area contributed by atoms with Crippen LogP contribution >= 0.6 is 0 Å². The van der Waals surface area contributed by atoms with Gasteiger partial charge < -0.3 is 14.8 Å². The standard InChI is InChI=1S/C28H44N2O2/c1-3-28-13-15-30(20-22-9-10-22)26(17-23-11-12-24(31-2)18-25(23)28)27(28)32-16-14-29-19-21-7-5-4-6-8-21/h11-12,18,21-22,26-27,29H,3-10,13-17,19-20H2,1-2H3. The van der Waals surface area contributed by atoms with Gasteiger partial charge in [-0.25, -0.2) is 0 Å². The largest absolute Gasteiger partial charge is 0.497 e. The second-order valence-corrected chi connectivity index (χ2v) is 11.0. The smallest absolute Gasteiger partial charge is 0.119 e. The summed E-state index contributed by atoms with van der Waals surface area (Å²) in [7, 11) is 1.79. The summed E-state index contributed by atoms with van der Waals surface area (Å²) in [5, 5.41) is 3.72. The zero-order valence-corrected chi connectivity index (χ0v) is 20.4. The van der Waals surface area contributed by atoms with Gasteiger partial charge in [0.15, 0.2) is 0 Å². The lowest BCUT2D eigenvalue weighted by Gasteiger charge is -2.56. The number of likely N-dealkylation sites (tertiary alicyclic amines) is 1. The summed E-state index contributed by atoms with van der Waals surface area (Å²) in [6.45, 7) is 7.84. The van der Waals surface area contributed by atoms with E-state index in [1.54, 1.807) is 7.11 Å². The molecule has 1 N–H and O–H groups in total. The van der Waals surface area contributed by atoms with E-state index < -0.39 is 0 Å². The Kier molecular flexibility index (Phi) is 7.11. The van der Waals surface area contributed by atoms with Crippen molar-refractivity contribution >= 4 is 0 Å². The maximum absolute atomic E-state index is 6.85. The van der Waals surface area contributed by atoms with Crippen molar-refractivity contribution in [1.82, 2.24) is 10.2 Å². The molecule has 2 bridgehead atoms. The van der Waals surface area contributed by atoms with E-state index in [1.165, 1.54) is 82.1 Å². The van der Waals surface area contributed by atoms with E-state index in [0.29, 0.717) is 6.04 Å². The van der Waals surface area contributed by atoms with Crippen LogP contribution in [0.15, 0.2) is 18.2 Å². The molecule has 0 amide bonds. The average molecular weight is 441 g/mol. The van der Waals surface area contributed by atoms with Crippen LogP contribution in [0.3, 0.4) is 0 Å². The molecule has 178 valence electrons. The lowest BCUT2D eigenvalue weighted by molar-refractivity contribution is -0.101. The molecule has 32 heavy (non-hydrogen) atoms. The third kappa shape index (κ3) is 4.60. The van der Waals surface area contributed by atoms with Gasteiger partial charge in [-0.2, -0.15) is 0 Å². The number of rotatable bonds is 10. The minimum atomic E-state index is 0.121. The Morgan fingerprint density at radius 3 is 2.69 bits per heavy atom. The molecule has 1 saturated heterocycles. The Labute approximate surface area is 195 Å². The van der Waals surface area contributed by atoms with Gasteiger partial charge in [-0.15, -0.1) is 0 Å². The molecule has 1 aliphatic heterocycles. The summed E-state index contributed by atoms with van der Waals surface area (Å²) >= 11 is 0. The lowest BCUT2D eigenvalue weighted by atomic mass is 9.60. The van der Waals surface area contributed by atoms with Gasteiger partial charge in [0, 0.05) is 24.5 Å². The summed E-state index contributed by atoms with van der Waals surface area (Å²) in [5.41, 5.74) is 3.14. The molecule has 5 rings (SSSR count). The molecule has 1 aromatic rings. The van der Waals surface area contributed by atoms with E-state index in [9.17, 15) is 0 Å². The zero-order chi connectivity index (χ0) is 22.0. The Bertz CT molecular complexity index is 758. The van der Waals surface area contributed by atoms with Gasteiger partial charge in [-0.1, -0.05) is 32.3 Å². The van der Waals surface area contributed by atoms with Crippen molar-refractivity contribution in [3.05, 3.63) is 29.3 Å². The van der Waals surface area contributed by atoms with Crippen molar-refractivity contribution in [2.75, 3.05) is 39.9 Å². The van der Waals surface area contributed by atoms with Crippen molar-refractivity contribution in [3.8, 4) is 5.75 Å². The highest BCUT2D eigenvalue weighted by atomic mass is 16.5. The van der Waals surface area contributed by atoms with Crippen LogP contribution in [0.2, 0.25) is 0 Å². The van der Waals surface area contributed by atoms with Crippen molar-refractivity contribution < 1.29 is 9.47 Å². The number of hydrogen-bond donors (Lipinski definition) is 1. The molecule has 3 atom stereocenters. The molecule has 1 aromatic carbocycles. The quantitative estimate of drug-likeness (QED) is 0.523. The van der Waals surface area contributed by atoms with Gasteiger partial charge in [-0.05, 0) is 93.1 Å². The summed E-state index contributed by atoms with van der Waals surface area (Å²) in [6.07, 6.45) is 13.7. The first-order chi connectivity index (χ1) is 15.7. The first-order valence-corrected chi connectivity index (χ1v) is 13.5. The molecular formula is C28H44N2O2. The number of fused-ring (bicyclic) bond motifs is 4. The number of hydrogen-bond acceptors (Lipinski definition) is 4. The summed E-state index contributed by atoms with van der Waals surface area (Å²) in [5.74, 6) is 2.80. The van der Waals surface area contributed by atoms with Crippen molar-refractivity contribution in [2.45, 2.75) is 88.7 Å². The summed E-state index contributed by atoms with van der Waals surface area (Å²) in [4.78, 5) is 2.79. The van der Waals surface area contributed by atoms with E-state index in [2.05, 4.69) is 35.3 Å². The van der Waals surface area contributed by atoms with E-state index in [0.717, 1.165) is 43.6 Å². The molecule has 1 heterocycles. The molecular weight excluding hydrogens is 396 g/mol. The van der Waals surface area contributed by atoms with Crippen LogP contribution < -0.4 is 10.1 Å². The average Bonchev–Trinajstić information content (AvgIpc) is 3.65. The minimum absolute atomic E-state index is 0.121. The third-order valence-corrected chi connectivity index (χ3v) is 9.05. The highest BCUT2D eigenvalue weighted by molar-refractivity contribution is 5.46. The van der Waals surface area contributed by atoms with E-state index in [1.807, 2.05) is 0 Å². The van der Waals surface area contributed by atoms with Crippen LogP contribution in [0.1, 0.15) is 75.8 Å². The Morgan fingerprint density at radius 1 is 1.09 bits per heavy atom. The van der Waals surface area contributed by atoms with E-state index in [-0.39, 0.29) is 11.5 Å². The Morgan fingerprint density at radius 2 is 1.94 bits per heavy atom. The molecule has 4 aliphatic rings. The first-order valence-electron chi connectivity index (χ1n) is 13.5. The fourth-order valence-electron chi connectivity index (χ4n) is 6.94. The van der Waals surface area contributed by atoms with Gasteiger partial charge in [0.05, 0.1) is 19.8 Å². The van der Waals surface area contributed by atoms with E-state index in [4.69, 9.17) is 9.47 Å². The van der Waals surface area contributed by atoms with Gasteiger partial charge in [-0.3, -0.25) is 4.90 Å². The van der Waals surface area contributed by atoms with Crippen molar-refractivity contribution in [3.63, 3.8) is 0 Å². The third-order valence-electron chi connectivity index (χ3n) is 9.05. The van der Waals surface area contributed by atoms with Crippen molar-refractivity contribution in [1.29, 1.82) is 0 Å². The molecule has 0 radical (unpaired) electrons. The predicted octanol–water partition coefficient (Wildman–Crippen LogP) is 4.94. The summed E-state index contributed by atoms with van der Waals surface area (Å²) < 4.78 is 12.5. The number of ether oxygens (including phenoxy) is 2. The van der Waals surface area contributed by atoms with Gasteiger partial charge in [0.25, 0.3) is 0 Å². The zero-order valence-electron chi connectivity index (χ0n) is 20.4. The van der Waals surface area contributed by atoms with Crippen LogP contribution in [0, 0.1) is 11.8 Å². The van der Waals surface area contributed by atoms with Gasteiger partial charge >= 0.3 is 0 Å². The number of nitrogens with one attached hydrogen (secondary N) is 1. The van der Waals surface area contributed by atoms with Crippen LogP contribution in [0.5, 0.6) is 5.75 Å². The highest BCUT2D eigenvalue weighted by Gasteiger charge is 2.53. The molecule has 3 unspecified atom stereocenters. The fraction of sp³-hybridized carbons (Fsp3) is 0.786. The maximum atomic E-state index is 6.85. The number of benzene rings is 1. The SMILES string of the molecule is CCC12CCN(CC3CC3)C(Cc3ccc(OC)cc31)C2OCCNCC1CCCCC1. The Balaban J connectivity index is 1.29. The van der Waals surface area contributed by atoms with Gasteiger partial charge in [0.2, 0.25) is 0 Å². The second-order valence-electron chi connectivity index (χ2n) is 11.0. The normalized spacial score (nSPS) is 30.8. The predicted molar refractivity (Wildman–Crippen MR) is 131 cm³/mol. The number of piperidine rings is 1. The van der Waals surface area contributed by atoms with Crippen LogP contribution in [-0.2, 0) is 16.6 Å². The summed E-state index contributed by atoms with van der Waals surface area (Å²) in [6, 6.07) is 7.32. The second kappa shape index (κ2) is 10.0. The highest BCUT2D eigenvalue weighted by Crippen LogP contribution is 2.50. The molecule has 2 saturated carbocycles. The van der Waals surface area contributed by atoms with Crippen LogP contribution in [-0.4, -0.2) is 56.9 Å². The maximum Gasteiger partial charge on any atom is 0.119 e. The van der Waals surface area contributed by atoms with Crippen LogP contribution in [0.25, 0.3) is 0 Å². The first kappa shape index (κ1) is 22.7. The van der Waals surface area contributed by atoms with E-state index >= 15 is 0 Å². The molecule has 0 aromatic heterocycles. The molecule has 3 aliphatic carbocycles. The molecule has 4 heteroatoms. The van der Waals surface area contributed by atoms with Crippen LogP contribution in [0.4, 0.5) is 0 Å². The topological polar surface area (TPSA) is 33.7 Å². The lowest BCUT2D eigenvalue weighted by Crippen LogP contribution is -2.64. The monoisotopic (exact) mass is 440 g/mol.